The van der Waals surface area contributed by atoms with Gasteiger partial charge in [-0.2, -0.15) is 0 Å². The zero-order valence-electron chi connectivity index (χ0n) is 10.9. The quantitative estimate of drug-likeness (QED) is 0.333. The highest BCUT2D eigenvalue weighted by molar-refractivity contribution is 9.24. The van der Waals surface area contributed by atoms with E-state index in [1.54, 1.807) is 0 Å². The van der Waals surface area contributed by atoms with Crippen molar-refractivity contribution in [2.24, 2.45) is 0 Å². The molecule has 1 aromatic carbocycles. The van der Waals surface area contributed by atoms with Crippen molar-refractivity contribution >= 4 is 42.1 Å². The summed E-state index contributed by atoms with van der Waals surface area (Å²) in [4.78, 5) is 0. The molecule has 0 unspecified atom stereocenters. The van der Waals surface area contributed by atoms with Crippen LogP contribution in [0.3, 0.4) is 0 Å². The normalized spacial score (nSPS) is 11.2. The number of hydrogen-bond donors (Lipinski definition) is 0. The molecule has 0 aliphatic carbocycles. The molecule has 1 aromatic rings. The van der Waals surface area contributed by atoms with Gasteiger partial charge in [-0.3, -0.25) is 0 Å². The van der Waals surface area contributed by atoms with Gasteiger partial charge < -0.3 is 9.47 Å². The molecule has 0 saturated heterocycles. The molecule has 0 amide bonds. The van der Waals surface area contributed by atoms with Crippen LogP contribution in [0, 0.1) is 0 Å². The minimum absolute atomic E-state index is 0.381. The first kappa shape index (κ1) is 17.4. The van der Waals surface area contributed by atoms with E-state index < -0.39 is 0 Å². The zero-order valence-corrected chi connectivity index (χ0v) is 15.1. The Hall–Kier alpha value is 0.317. The standard InChI is InChI=1S/C14H19Br2O2Si/c15-14(16)5-4-12-2-1-3-13(10-12)11-18-7-6-17-8-9-19/h1-3,10,14H,4-9,11H2. The highest BCUT2D eigenvalue weighted by atomic mass is 79.9. The topological polar surface area (TPSA) is 18.5 Å². The lowest BCUT2D eigenvalue weighted by Gasteiger charge is -2.07. The fourth-order valence-electron chi connectivity index (χ4n) is 1.63. The van der Waals surface area contributed by atoms with Crippen LogP contribution in [0.1, 0.15) is 17.5 Å². The molecule has 3 radical (unpaired) electrons. The van der Waals surface area contributed by atoms with Gasteiger partial charge in [0, 0.05) is 16.8 Å². The number of rotatable bonds is 10. The lowest BCUT2D eigenvalue weighted by Crippen LogP contribution is -2.05. The van der Waals surface area contributed by atoms with Gasteiger partial charge in [0.05, 0.1) is 23.6 Å². The fourth-order valence-corrected chi connectivity index (χ4v) is 2.23. The van der Waals surface area contributed by atoms with Gasteiger partial charge >= 0.3 is 0 Å². The van der Waals surface area contributed by atoms with Crippen LogP contribution in [0.2, 0.25) is 6.04 Å². The smallest absolute Gasteiger partial charge is 0.0718 e. The Morgan fingerprint density at radius 3 is 2.53 bits per heavy atom. The third-order valence-corrected chi connectivity index (χ3v) is 3.65. The molecular formula is C14H19Br2O2Si. The molecule has 0 N–H and O–H groups in total. The van der Waals surface area contributed by atoms with E-state index in [9.17, 15) is 0 Å². The summed E-state index contributed by atoms with van der Waals surface area (Å²) in [7, 11) is 3.36. The predicted octanol–water partition coefficient (Wildman–Crippen LogP) is 3.86. The molecule has 1 rings (SSSR count). The number of hydrogen-bond acceptors (Lipinski definition) is 2. The van der Waals surface area contributed by atoms with Crippen molar-refractivity contribution in [2.45, 2.75) is 29.2 Å². The molecule has 0 aliphatic heterocycles. The Balaban J connectivity index is 2.24. The van der Waals surface area contributed by atoms with Crippen LogP contribution in [0.4, 0.5) is 0 Å². The second kappa shape index (κ2) is 11.0. The lowest BCUT2D eigenvalue weighted by molar-refractivity contribution is 0.0454. The van der Waals surface area contributed by atoms with Crippen molar-refractivity contribution < 1.29 is 9.47 Å². The van der Waals surface area contributed by atoms with E-state index in [1.807, 2.05) is 0 Å². The summed E-state index contributed by atoms with van der Waals surface area (Å²) in [5.74, 6) is 0. The number of aryl methyl sites for hydroxylation is 1. The molecule has 0 atom stereocenters. The first-order chi connectivity index (χ1) is 9.22. The van der Waals surface area contributed by atoms with Crippen LogP contribution in [-0.4, -0.2) is 33.8 Å². The number of ether oxygens (including phenoxy) is 2. The van der Waals surface area contributed by atoms with Crippen molar-refractivity contribution in [2.75, 3.05) is 19.8 Å². The summed E-state index contributed by atoms with van der Waals surface area (Å²) in [6, 6.07) is 9.42. The van der Waals surface area contributed by atoms with Gasteiger partial charge in [0.1, 0.15) is 0 Å². The van der Waals surface area contributed by atoms with E-state index in [2.05, 4.69) is 66.4 Å². The first-order valence-corrected chi connectivity index (χ1v) is 8.92. The molecule has 0 spiro atoms. The van der Waals surface area contributed by atoms with E-state index in [-0.39, 0.29) is 0 Å². The average molecular weight is 407 g/mol. The summed E-state index contributed by atoms with van der Waals surface area (Å²) < 4.78 is 11.3. The van der Waals surface area contributed by atoms with Gasteiger partial charge in [-0.1, -0.05) is 56.1 Å². The second-order valence-corrected chi connectivity index (χ2v) is 8.10. The SMILES string of the molecule is [Si]CCOCCOCc1cccc(CCC(Br)Br)c1. The van der Waals surface area contributed by atoms with Gasteiger partial charge in [-0.05, 0) is 30.0 Å². The summed E-state index contributed by atoms with van der Waals surface area (Å²) in [6.07, 6.45) is 2.13. The monoisotopic (exact) mass is 405 g/mol. The van der Waals surface area contributed by atoms with E-state index in [1.165, 1.54) is 11.1 Å². The Morgan fingerprint density at radius 1 is 1.05 bits per heavy atom. The first-order valence-electron chi connectivity index (χ1n) is 6.38. The van der Waals surface area contributed by atoms with Crippen LogP contribution < -0.4 is 0 Å². The van der Waals surface area contributed by atoms with Gasteiger partial charge in [0.2, 0.25) is 0 Å². The molecule has 105 valence electrons. The lowest BCUT2D eigenvalue weighted by atomic mass is 10.1. The minimum Gasteiger partial charge on any atom is -0.379 e. The highest BCUT2D eigenvalue weighted by Gasteiger charge is 2.01. The molecule has 0 heterocycles. The maximum atomic E-state index is 5.59. The van der Waals surface area contributed by atoms with Crippen molar-refractivity contribution in [3.05, 3.63) is 35.4 Å². The van der Waals surface area contributed by atoms with Crippen LogP contribution in [0.15, 0.2) is 24.3 Å². The van der Waals surface area contributed by atoms with Crippen molar-refractivity contribution in [3.63, 3.8) is 0 Å². The number of benzene rings is 1. The molecule has 5 heteroatoms. The van der Waals surface area contributed by atoms with E-state index in [0.29, 0.717) is 23.6 Å². The van der Waals surface area contributed by atoms with Crippen molar-refractivity contribution in [1.29, 1.82) is 0 Å². The maximum absolute atomic E-state index is 5.59. The van der Waals surface area contributed by atoms with Crippen molar-refractivity contribution in [1.82, 2.24) is 0 Å². The predicted molar refractivity (Wildman–Crippen MR) is 87.4 cm³/mol. The third kappa shape index (κ3) is 8.97. The summed E-state index contributed by atoms with van der Waals surface area (Å²) in [5, 5.41) is 0. The molecule has 2 nitrogen and oxygen atoms in total. The van der Waals surface area contributed by atoms with Crippen LogP contribution in [0.5, 0.6) is 0 Å². The number of halogens is 2. The summed E-state index contributed by atoms with van der Waals surface area (Å²) >= 11 is 6.99. The highest BCUT2D eigenvalue weighted by Crippen LogP contribution is 2.17. The minimum atomic E-state index is 0.381. The third-order valence-electron chi connectivity index (χ3n) is 2.53. The van der Waals surface area contributed by atoms with E-state index in [4.69, 9.17) is 9.47 Å². The van der Waals surface area contributed by atoms with E-state index >= 15 is 0 Å². The van der Waals surface area contributed by atoms with Crippen LogP contribution in [0.25, 0.3) is 0 Å². The zero-order chi connectivity index (χ0) is 13.9. The van der Waals surface area contributed by atoms with Gasteiger partial charge in [0.25, 0.3) is 0 Å². The number of alkyl halides is 2. The molecule has 0 aromatic heterocycles. The molecule has 0 bridgehead atoms. The fraction of sp³-hybridized carbons (Fsp3) is 0.571. The molecule has 0 saturated carbocycles. The Labute approximate surface area is 135 Å². The molecule has 19 heavy (non-hydrogen) atoms. The molecular weight excluding hydrogens is 388 g/mol. The van der Waals surface area contributed by atoms with E-state index in [0.717, 1.165) is 25.5 Å². The van der Waals surface area contributed by atoms with Gasteiger partial charge in [0.15, 0.2) is 0 Å². The molecule has 0 aliphatic rings. The largest absolute Gasteiger partial charge is 0.379 e. The summed E-state index contributed by atoms with van der Waals surface area (Å²) in [5.41, 5.74) is 2.57. The second-order valence-electron chi connectivity index (χ2n) is 4.16. The summed E-state index contributed by atoms with van der Waals surface area (Å²) in [6.45, 7) is 2.67. The van der Waals surface area contributed by atoms with Crippen LogP contribution in [-0.2, 0) is 22.5 Å². The van der Waals surface area contributed by atoms with Gasteiger partial charge in [-0.15, -0.1) is 0 Å². The van der Waals surface area contributed by atoms with Crippen LogP contribution >= 0.6 is 31.9 Å². The average Bonchev–Trinajstić information content (AvgIpc) is 2.41. The molecule has 0 fully saturated rings. The Kier molecular flexibility index (Phi) is 10.1. The Morgan fingerprint density at radius 2 is 1.79 bits per heavy atom. The maximum Gasteiger partial charge on any atom is 0.0718 e. The Bertz CT molecular complexity index is 348. The van der Waals surface area contributed by atoms with Crippen molar-refractivity contribution in [3.8, 4) is 0 Å². The van der Waals surface area contributed by atoms with Gasteiger partial charge in [-0.25, -0.2) is 0 Å².